The number of hydrogen-bond acceptors (Lipinski definition) is 6. The van der Waals surface area contributed by atoms with Crippen LogP contribution >= 0.6 is 22.9 Å². The van der Waals surface area contributed by atoms with Crippen molar-refractivity contribution in [3.05, 3.63) is 45.1 Å². The summed E-state index contributed by atoms with van der Waals surface area (Å²) in [6.07, 6.45) is 0. The number of aryl methyl sites for hydroxylation is 1. The SMILES string of the molecule is Cc1ccc(C(=O)OCC(=O)Nc2cc(S(=O)(=O)N(C)C)ccc2Cl)s1. The molecule has 0 saturated heterocycles. The summed E-state index contributed by atoms with van der Waals surface area (Å²) in [7, 11) is -0.878. The van der Waals surface area contributed by atoms with E-state index in [1.807, 2.05) is 6.92 Å². The molecule has 0 aliphatic heterocycles. The topological polar surface area (TPSA) is 92.8 Å². The number of carbonyl (C=O) groups excluding carboxylic acids is 2. The summed E-state index contributed by atoms with van der Waals surface area (Å²) >= 11 is 7.26. The summed E-state index contributed by atoms with van der Waals surface area (Å²) in [6, 6.07) is 7.35. The summed E-state index contributed by atoms with van der Waals surface area (Å²) in [5.74, 6) is -1.23. The number of halogens is 1. The second-order valence-corrected chi connectivity index (χ2v) is 9.31. The Bertz CT molecular complexity index is 938. The van der Waals surface area contributed by atoms with E-state index in [0.717, 1.165) is 9.18 Å². The number of nitrogens with one attached hydrogen (secondary N) is 1. The first-order valence-electron chi connectivity index (χ1n) is 7.37. The van der Waals surface area contributed by atoms with Crippen LogP contribution in [0.2, 0.25) is 5.02 Å². The highest BCUT2D eigenvalue weighted by Crippen LogP contribution is 2.26. The van der Waals surface area contributed by atoms with Crippen LogP contribution in [-0.4, -0.2) is 45.3 Å². The first-order valence-corrected chi connectivity index (χ1v) is 10.00. The fourth-order valence-corrected chi connectivity index (χ4v) is 3.76. The van der Waals surface area contributed by atoms with E-state index in [-0.39, 0.29) is 15.6 Å². The number of benzene rings is 1. The van der Waals surface area contributed by atoms with Crippen molar-refractivity contribution in [2.45, 2.75) is 11.8 Å². The summed E-state index contributed by atoms with van der Waals surface area (Å²) in [6.45, 7) is 1.34. The van der Waals surface area contributed by atoms with Gasteiger partial charge in [0.15, 0.2) is 6.61 Å². The lowest BCUT2D eigenvalue weighted by Crippen LogP contribution is -2.23. The number of anilines is 1. The van der Waals surface area contributed by atoms with Gasteiger partial charge in [0.25, 0.3) is 5.91 Å². The van der Waals surface area contributed by atoms with Gasteiger partial charge in [0, 0.05) is 19.0 Å². The summed E-state index contributed by atoms with van der Waals surface area (Å²) in [5.41, 5.74) is 0.114. The zero-order chi connectivity index (χ0) is 19.5. The van der Waals surface area contributed by atoms with Crippen LogP contribution in [0.15, 0.2) is 35.2 Å². The maximum absolute atomic E-state index is 12.2. The molecule has 26 heavy (non-hydrogen) atoms. The van der Waals surface area contributed by atoms with Gasteiger partial charge in [0.1, 0.15) is 4.88 Å². The highest BCUT2D eigenvalue weighted by atomic mass is 35.5. The molecule has 1 aromatic carbocycles. The number of carbonyl (C=O) groups is 2. The van der Waals surface area contributed by atoms with Crippen LogP contribution in [0.5, 0.6) is 0 Å². The zero-order valence-electron chi connectivity index (χ0n) is 14.3. The average molecular weight is 417 g/mol. The molecule has 1 N–H and O–H groups in total. The predicted octanol–water partition coefficient (Wildman–Crippen LogP) is 2.76. The third-order valence-electron chi connectivity index (χ3n) is 3.27. The second-order valence-electron chi connectivity index (χ2n) is 5.46. The molecule has 7 nitrogen and oxygen atoms in total. The lowest BCUT2D eigenvalue weighted by atomic mass is 10.3. The van der Waals surface area contributed by atoms with E-state index in [4.69, 9.17) is 16.3 Å². The van der Waals surface area contributed by atoms with Crippen LogP contribution < -0.4 is 5.32 Å². The Kier molecular flexibility index (Phi) is 6.40. The van der Waals surface area contributed by atoms with E-state index in [2.05, 4.69) is 5.32 Å². The standard InChI is InChI=1S/C16H17ClN2O5S2/c1-10-4-7-14(25-10)16(21)24-9-15(20)18-13-8-11(5-6-12(13)17)26(22,23)19(2)3/h4-8H,9H2,1-3H3,(H,18,20). The zero-order valence-corrected chi connectivity index (χ0v) is 16.7. The molecule has 0 atom stereocenters. The molecule has 0 spiro atoms. The van der Waals surface area contributed by atoms with Gasteiger partial charge in [0.05, 0.1) is 15.6 Å². The number of hydrogen-bond donors (Lipinski definition) is 1. The van der Waals surface area contributed by atoms with Crippen LogP contribution in [0, 0.1) is 6.92 Å². The number of thiophene rings is 1. The van der Waals surface area contributed by atoms with Gasteiger partial charge in [0.2, 0.25) is 10.0 Å². The first kappa shape index (κ1) is 20.4. The largest absolute Gasteiger partial charge is 0.451 e. The molecule has 2 rings (SSSR count). The molecule has 2 aromatic rings. The monoisotopic (exact) mass is 416 g/mol. The first-order chi connectivity index (χ1) is 12.1. The molecule has 1 amide bonds. The van der Waals surface area contributed by atoms with Crippen molar-refractivity contribution in [1.82, 2.24) is 4.31 Å². The summed E-state index contributed by atoms with van der Waals surface area (Å²) < 4.78 is 30.3. The van der Waals surface area contributed by atoms with E-state index in [1.165, 1.54) is 43.6 Å². The maximum Gasteiger partial charge on any atom is 0.348 e. The number of ether oxygens (including phenoxy) is 1. The fraction of sp³-hybridized carbons (Fsp3) is 0.250. The normalized spacial score (nSPS) is 11.4. The smallest absolute Gasteiger partial charge is 0.348 e. The quantitative estimate of drug-likeness (QED) is 0.731. The van der Waals surface area contributed by atoms with Crippen molar-refractivity contribution in [2.75, 3.05) is 26.0 Å². The van der Waals surface area contributed by atoms with Crippen molar-refractivity contribution in [1.29, 1.82) is 0 Å². The van der Waals surface area contributed by atoms with Gasteiger partial charge >= 0.3 is 5.97 Å². The molecule has 10 heteroatoms. The van der Waals surface area contributed by atoms with E-state index in [1.54, 1.807) is 12.1 Å². The van der Waals surface area contributed by atoms with E-state index >= 15 is 0 Å². The molecule has 1 aromatic heterocycles. The summed E-state index contributed by atoms with van der Waals surface area (Å²) in [4.78, 5) is 25.2. The molecule has 0 radical (unpaired) electrons. The van der Waals surface area contributed by atoms with E-state index < -0.39 is 28.5 Å². The van der Waals surface area contributed by atoms with Gasteiger partial charge in [-0.15, -0.1) is 11.3 Å². The Balaban J connectivity index is 2.05. The number of sulfonamides is 1. The minimum absolute atomic E-state index is 0.0201. The average Bonchev–Trinajstić information content (AvgIpc) is 3.01. The van der Waals surface area contributed by atoms with Crippen molar-refractivity contribution < 1.29 is 22.7 Å². The molecule has 0 saturated carbocycles. The van der Waals surface area contributed by atoms with Crippen molar-refractivity contribution in [3.63, 3.8) is 0 Å². The van der Waals surface area contributed by atoms with Gasteiger partial charge < -0.3 is 10.1 Å². The van der Waals surface area contributed by atoms with Crippen LogP contribution in [-0.2, 0) is 19.6 Å². The molecule has 1 heterocycles. The molecule has 140 valence electrons. The Morgan fingerprint density at radius 3 is 2.50 bits per heavy atom. The molecular weight excluding hydrogens is 400 g/mol. The highest BCUT2D eigenvalue weighted by molar-refractivity contribution is 7.89. The molecule has 0 bridgehead atoms. The number of nitrogens with zero attached hydrogens (tertiary/aromatic N) is 1. The van der Waals surface area contributed by atoms with Crippen LogP contribution in [0.25, 0.3) is 0 Å². The van der Waals surface area contributed by atoms with Gasteiger partial charge in [-0.25, -0.2) is 17.5 Å². The Labute approximate surface area is 160 Å². The lowest BCUT2D eigenvalue weighted by molar-refractivity contribution is -0.119. The lowest BCUT2D eigenvalue weighted by Gasteiger charge is -2.13. The van der Waals surface area contributed by atoms with E-state index in [9.17, 15) is 18.0 Å². The van der Waals surface area contributed by atoms with E-state index in [0.29, 0.717) is 4.88 Å². The van der Waals surface area contributed by atoms with Crippen molar-refractivity contribution in [3.8, 4) is 0 Å². The number of esters is 1. The van der Waals surface area contributed by atoms with Crippen LogP contribution in [0.3, 0.4) is 0 Å². The maximum atomic E-state index is 12.2. The van der Waals surface area contributed by atoms with Crippen molar-refractivity contribution >= 4 is 50.5 Å². The molecule has 0 aliphatic rings. The third-order valence-corrected chi connectivity index (χ3v) is 6.39. The second kappa shape index (κ2) is 8.17. The minimum atomic E-state index is -3.67. The predicted molar refractivity (Wildman–Crippen MR) is 100 cm³/mol. The molecule has 0 fully saturated rings. The molecule has 0 aliphatic carbocycles. The fourth-order valence-electron chi connectivity index (χ4n) is 1.90. The van der Waals surface area contributed by atoms with Gasteiger partial charge in [-0.2, -0.15) is 0 Å². The Morgan fingerprint density at radius 2 is 1.92 bits per heavy atom. The van der Waals surface area contributed by atoms with Gasteiger partial charge in [-0.1, -0.05) is 11.6 Å². The van der Waals surface area contributed by atoms with Crippen molar-refractivity contribution in [2.24, 2.45) is 0 Å². The Hall–Kier alpha value is -1.94. The number of rotatable bonds is 6. The third kappa shape index (κ3) is 4.82. The minimum Gasteiger partial charge on any atom is -0.451 e. The van der Waals surface area contributed by atoms with Crippen LogP contribution in [0.4, 0.5) is 5.69 Å². The number of amides is 1. The molecular formula is C16H17ClN2O5S2. The molecule has 0 unspecified atom stereocenters. The Morgan fingerprint density at radius 1 is 1.23 bits per heavy atom. The highest BCUT2D eigenvalue weighted by Gasteiger charge is 2.19. The van der Waals surface area contributed by atoms with Crippen LogP contribution in [0.1, 0.15) is 14.5 Å². The van der Waals surface area contributed by atoms with Gasteiger partial charge in [-0.05, 0) is 37.3 Å². The van der Waals surface area contributed by atoms with Gasteiger partial charge in [-0.3, -0.25) is 4.79 Å². The summed E-state index contributed by atoms with van der Waals surface area (Å²) in [5, 5.41) is 2.61.